The number of anilines is 1. The van der Waals surface area contributed by atoms with Gasteiger partial charge in [-0.15, -0.1) is 0 Å². The van der Waals surface area contributed by atoms with Gasteiger partial charge in [0.15, 0.2) is 6.10 Å². The van der Waals surface area contributed by atoms with Crippen LogP contribution in [-0.2, 0) is 9.53 Å². The number of rotatable bonds is 7. The van der Waals surface area contributed by atoms with E-state index in [2.05, 4.69) is 5.32 Å². The predicted octanol–water partition coefficient (Wildman–Crippen LogP) is 3.55. The number of carbonyl (C=O) groups excluding carboxylic acids is 2. The molecule has 0 bridgehead atoms. The summed E-state index contributed by atoms with van der Waals surface area (Å²) in [6.07, 6.45) is -1.06. The third kappa shape index (κ3) is 5.04. The van der Waals surface area contributed by atoms with Crippen LogP contribution in [-0.4, -0.2) is 39.3 Å². The molecule has 0 spiro atoms. The molecule has 0 aliphatic heterocycles. The molecule has 7 nitrogen and oxygen atoms in total. The van der Waals surface area contributed by atoms with Crippen LogP contribution in [0.25, 0.3) is 0 Å². The van der Waals surface area contributed by atoms with E-state index in [0.29, 0.717) is 22.2 Å². The molecule has 1 atom stereocenters. The second-order valence-electron chi connectivity index (χ2n) is 5.45. The molecule has 0 radical (unpaired) electrons. The van der Waals surface area contributed by atoms with Gasteiger partial charge in [-0.05, 0) is 37.3 Å². The highest BCUT2D eigenvalue weighted by Crippen LogP contribution is 2.28. The number of esters is 1. The van der Waals surface area contributed by atoms with Gasteiger partial charge >= 0.3 is 5.97 Å². The lowest BCUT2D eigenvalue weighted by Crippen LogP contribution is -2.30. The van der Waals surface area contributed by atoms with E-state index in [1.54, 1.807) is 30.3 Å². The Kier molecular flexibility index (Phi) is 6.90. The van der Waals surface area contributed by atoms with Crippen molar-refractivity contribution in [2.45, 2.75) is 13.0 Å². The van der Waals surface area contributed by atoms with Crippen molar-refractivity contribution >= 4 is 29.2 Å². The Balaban J connectivity index is 2.10. The molecule has 0 heterocycles. The van der Waals surface area contributed by atoms with E-state index in [4.69, 9.17) is 30.5 Å². The van der Waals surface area contributed by atoms with E-state index < -0.39 is 18.0 Å². The van der Waals surface area contributed by atoms with E-state index in [-0.39, 0.29) is 11.3 Å². The van der Waals surface area contributed by atoms with E-state index in [0.717, 1.165) is 0 Å². The summed E-state index contributed by atoms with van der Waals surface area (Å²) < 4.78 is 20.7. The molecule has 144 valence electrons. The molecule has 0 aromatic heterocycles. The summed E-state index contributed by atoms with van der Waals surface area (Å²) in [6.45, 7) is 1.46. The maximum atomic E-state index is 12.4. The van der Waals surface area contributed by atoms with Crippen LogP contribution >= 0.6 is 11.6 Å². The first-order chi connectivity index (χ1) is 12.9. The molecular weight excluding hydrogens is 374 g/mol. The molecule has 2 aromatic rings. The number of ether oxygens (including phenoxy) is 4. The highest BCUT2D eigenvalue weighted by atomic mass is 35.5. The highest BCUT2D eigenvalue weighted by Gasteiger charge is 2.22. The van der Waals surface area contributed by atoms with Crippen LogP contribution in [0, 0.1) is 0 Å². The van der Waals surface area contributed by atoms with Gasteiger partial charge in [-0.2, -0.15) is 0 Å². The number of methoxy groups -OCH3 is 3. The zero-order valence-electron chi connectivity index (χ0n) is 15.4. The van der Waals surface area contributed by atoms with Crippen LogP contribution in [0.4, 0.5) is 5.69 Å². The first kappa shape index (κ1) is 20.4. The summed E-state index contributed by atoms with van der Waals surface area (Å²) in [7, 11) is 4.40. The molecule has 0 saturated carbocycles. The topological polar surface area (TPSA) is 83.1 Å². The Labute approximate surface area is 162 Å². The lowest BCUT2D eigenvalue weighted by Gasteiger charge is -2.16. The summed E-state index contributed by atoms with van der Waals surface area (Å²) in [5, 5.41) is 3.06. The summed E-state index contributed by atoms with van der Waals surface area (Å²) in [5.41, 5.74) is 0.554. The van der Waals surface area contributed by atoms with Crippen LogP contribution in [0.15, 0.2) is 36.4 Å². The molecule has 2 aromatic carbocycles. The Morgan fingerprint density at radius 1 is 0.963 bits per heavy atom. The van der Waals surface area contributed by atoms with E-state index in [1.165, 1.54) is 34.3 Å². The first-order valence-corrected chi connectivity index (χ1v) is 8.34. The predicted molar refractivity (Wildman–Crippen MR) is 101 cm³/mol. The third-order valence-electron chi connectivity index (χ3n) is 3.70. The SMILES string of the molecule is COc1ccc(C(=O)O[C@H](C)C(=O)Nc2cc(Cl)ccc2OC)c(OC)c1. The maximum Gasteiger partial charge on any atom is 0.342 e. The van der Waals surface area contributed by atoms with Gasteiger partial charge in [-0.3, -0.25) is 4.79 Å². The van der Waals surface area contributed by atoms with Gasteiger partial charge < -0.3 is 24.3 Å². The molecule has 0 aliphatic carbocycles. The largest absolute Gasteiger partial charge is 0.497 e. The summed E-state index contributed by atoms with van der Waals surface area (Å²) in [4.78, 5) is 24.8. The smallest absolute Gasteiger partial charge is 0.342 e. The zero-order chi connectivity index (χ0) is 20.0. The number of nitrogens with one attached hydrogen (secondary N) is 1. The molecule has 2 rings (SSSR count). The molecule has 27 heavy (non-hydrogen) atoms. The van der Waals surface area contributed by atoms with Gasteiger partial charge in [-0.25, -0.2) is 4.79 Å². The molecule has 0 saturated heterocycles. The van der Waals surface area contributed by atoms with E-state index in [1.807, 2.05) is 0 Å². The minimum atomic E-state index is -1.06. The normalized spacial score (nSPS) is 11.3. The highest BCUT2D eigenvalue weighted by molar-refractivity contribution is 6.31. The quantitative estimate of drug-likeness (QED) is 0.724. The maximum absolute atomic E-state index is 12.4. The van der Waals surface area contributed by atoms with Gasteiger partial charge in [0.1, 0.15) is 22.8 Å². The van der Waals surface area contributed by atoms with Crippen molar-refractivity contribution in [1.82, 2.24) is 0 Å². The molecular formula is C19H20ClNO6. The lowest BCUT2D eigenvalue weighted by atomic mass is 10.2. The number of carbonyl (C=O) groups is 2. The summed E-state index contributed by atoms with van der Waals surface area (Å²) in [6, 6.07) is 9.45. The average molecular weight is 394 g/mol. The number of hydrogen-bond acceptors (Lipinski definition) is 6. The monoisotopic (exact) mass is 393 g/mol. The van der Waals surface area contributed by atoms with Crippen LogP contribution in [0.1, 0.15) is 17.3 Å². The summed E-state index contributed by atoms with van der Waals surface area (Å²) >= 11 is 5.94. The minimum absolute atomic E-state index is 0.179. The van der Waals surface area contributed by atoms with Crippen molar-refractivity contribution in [3.63, 3.8) is 0 Å². The third-order valence-corrected chi connectivity index (χ3v) is 3.94. The van der Waals surface area contributed by atoms with Crippen molar-refractivity contribution in [1.29, 1.82) is 0 Å². The van der Waals surface area contributed by atoms with Crippen molar-refractivity contribution in [2.24, 2.45) is 0 Å². The molecule has 0 fully saturated rings. The summed E-state index contributed by atoms with van der Waals surface area (Å²) in [5.74, 6) is 0.0143. The van der Waals surface area contributed by atoms with E-state index in [9.17, 15) is 9.59 Å². The number of benzene rings is 2. The Morgan fingerprint density at radius 3 is 2.30 bits per heavy atom. The Morgan fingerprint density at radius 2 is 1.67 bits per heavy atom. The Bertz CT molecular complexity index is 839. The molecule has 1 amide bonds. The fraction of sp³-hybridized carbons (Fsp3) is 0.263. The standard InChI is InChI=1S/C19H20ClNO6/c1-11(18(22)21-15-9-12(20)5-8-16(15)25-3)27-19(23)14-7-6-13(24-2)10-17(14)26-4/h5-11H,1-4H3,(H,21,22)/t11-/m1/s1. The number of halogens is 1. The molecule has 0 aliphatic rings. The van der Waals surface area contributed by atoms with Gasteiger partial charge in [0.2, 0.25) is 0 Å². The fourth-order valence-corrected chi connectivity index (χ4v) is 2.43. The van der Waals surface area contributed by atoms with Gasteiger partial charge in [-0.1, -0.05) is 11.6 Å². The fourth-order valence-electron chi connectivity index (χ4n) is 2.26. The Hall–Kier alpha value is -2.93. The van der Waals surface area contributed by atoms with Crippen molar-refractivity contribution in [3.8, 4) is 17.2 Å². The van der Waals surface area contributed by atoms with Gasteiger partial charge in [0.25, 0.3) is 5.91 Å². The second kappa shape index (κ2) is 9.14. The van der Waals surface area contributed by atoms with Crippen LogP contribution < -0.4 is 19.5 Å². The number of amides is 1. The second-order valence-corrected chi connectivity index (χ2v) is 5.88. The molecule has 1 N–H and O–H groups in total. The first-order valence-electron chi connectivity index (χ1n) is 7.97. The van der Waals surface area contributed by atoms with Crippen LogP contribution in [0.3, 0.4) is 0 Å². The van der Waals surface area contributed by atoms with Crippen molar-refractivity contribution in [3.05, 3.63) is 47.0 Å². The average Bonchev–Trinajstić information content (AvgIpc) is 2.67. The molecule has 8 heteroatoms. The minimum Gasteiger partial charge on any atom is -0.497 e. The van der Waals surface area contributed by atoms with Crippen molar-refractivity contribution < 1.29 is 28.5 Å². The molecule has 0 unspecified atom stereocenters. The lowest BCUT2D eigenvalue weighted by molar-refractivity contribution is -0.123. The van der Waals surface area contributed by atoms with E-state index >= 15 is 0 Å². The van der Waals surface area contributed by atoms with Crippen LogP contribution in [0.5, 0.6) is 17.2 Å². The van der Waals surface area contributed by atoms with Gasteiger partial charge in [0.05, 0.1) is 27.0 Å². The zero-order valence-corrected chi connectivity index (χ0v) is 16.1. The van der Waals surface area contributed by atoms with Crippen LogP contribution in [0.2, 0.25) is 5.02 Å². The number of hydrogen-bond donors (Lipinski definition) is 1. The van der Waals surface area contributed by atoms with Crippen molar-refractivity contribution in [2.75, 3.05) is 26.6 Å². The van der Waals surface area contributed by atoms with Gasteiger partial charge in [0, 0.05) is 11.1 Å².